The average molecular weight is 295 g/mol. The number of rotatable bonds is 4. The molecule has 1 aliphatic rings. The summed E-state index contributed by atoms with van der Waals surface area (Å²) in [5.41, 5.74) is 1.62. The normalized spacial score (nSPS) is 20.3. The van der Waals surface area contributed by atoms with Crippen LogP contribution in [0.1, 0.15) is 36.5 Å². The zero-order valence-corrected chi connectivity index (χ0v) is 13.0. The Labute approximate surface area is 131 Å². The highest BCUT2D eigenvalue weighted by atomic mass is 16.3. The van der Waals surface area contributed by atoms with Crippen LogP contribution in [0.2, 0.25) is 0 Å². The first-order valence-electron chi connectivity index (χ1n) is 7.80. The fourth-order valence-electron chi connectivity index (χ4n) is 3.09. The molecule has 2 aromatic carbocycles. The van der Waals surface area contributed by atoms with Gasteiger partial charge < -0.3 is 10.0 Å². The van der Waals surface area contributed by atoms with Crippen LogP contribution >= 0.6 is 0 Å². The van der Waals surface area contributed by atoms with Gasteiger partial charge >= 0.3 is 0 Å². The van der Waals surface area contributed by atoms with Gasteiger partial charge in [0, 0.05) is 12.1 Å². The third-order valence-corrected chi connectivity index (χ3v) is 4.31. The predicted molar refractivity (Wildman–Crippen MR) is 87.9 cm³/mol. The number of hydrogen-bond donors (Lipinski definition) is 1. The molecule has 0 bridgehead atoms. The Morgan fingerprint density at radius 1 is 1.14 bits per heavy atom. The largest absolute Gasteiger partial charge is 0.372 e. The van der Waals surface area contributed by atoms with Crippen molar-refractivity contribution in [3.05, 3.63) is 65.2 Å². The summed E-state index contributed by atoms with van der Waals surface area (Å²) >= 11 is 0. The smallest absolute Gasteiger partial charge is 0.268 e. The zero-order chi connectivity index (χ0) is 15.7. The van der Waals surface area contributed by atoms with Gasteiger partial charge in [-0.3, -0.25) is 4.79 Å². The number of aliphatic hydroxyl groups is 1. The van der Waals surface area contributed by atoms with Crippen molar-refractivity contribution in [2.24, 2.45) is 0 Å². The molecule has 0 fully saturated rings. The number of amides is 1. The third kappa shape index (κ3) is 2.13. The van der Waals surface area contributed by atoms with E-state index >= 15 is 0 Å². The van der Waals surface area contributed by atoms with Crippen LogP contribution in [0.25, 0.3) is 0 Å². The Bertz CT molecular complexity index is 696. The van der Waals surface area contributed by atoms with Crippen LogP contribution < -0.4 is 4.90 Å². The van der Waals surface area contributed by atoms with Crippen LogP contribution in [-0.2, 0) is 10.4 Å². The molecule has 0 aromatic heterocycles. The quantitative estimate of drug-likeness (QED) is 0.939. The number of hydrogen-bond acceptors (Lipinski definition) is 2. The zero-order valence-electron chi connectivity index (χ0n) is 13.0. The van der Waals surface area contributed by atoms with Gasteiger partial charge in [0.2, 0.25) is 0 Å². The summed E-state index contributed by atoms with van der Waals surface area (Å²) in [6.07, 6.45) is 1.93. The summed E-state index contributed by atoms with van der Waals surface area (Å²) in [6, 6.07) is 15.1. The molecule has 1 atom stereocenters. The summed E-state index contributed by atoms with van der Waals surface area (Å²) in [5, 5.41) is 11.3. The fraction of sp³-hybridized carbons (Fsp3) is 0.316. The number of carbonyl (C=O) groups is 1. The molecule has 3 nitrogen and oxygen atoms in total. The maximum absolute atomic E-state index is 13.0. The first-order valence-corrected chi connectivity index (χ1v) is 7.80. The molecule has 114 valence electrons. The molecular formula is C19H21NO2. The number of carbonyl (C=O) groups excluding carboxylic acids is 1. The minimum Gasteiger partial charge on any atom is -0.372 e. The second-order valence-electron chi connectivity index (χ2n) is 5.91. The van der Waals surface area contributed by atoms with Gasteiger partial charge in [-0.05, 0) is 25.0 Å². The van der Waals surface area contributed by atoms with Gasteiger partial charge in [0.05, 0.1) is 5.69 Å². The molecule has 3 heteroatoms. The van der Waals surface area contributed by atoms with Gasteiger partial charge in [-0.15, -0.1) is 0 Å². The molecule has 3 rings (SSSR count). The van der Waals surface area contributed by atoms with Crippen molar-refractivity contribution >= 4 is 11.6 Å². The number of anilines is 1. The highest BCUT2D eigenvalue weighted by Crippen LogP contribution is 2.44. The molecule has 1 heterocycles. The van der Waals surface area contributed by atoms with E-state index < -0.39 is 5.60 Å². The van der Waals surface area contributed by atoms with Gasteiger partial charge in [0.15, 0.2) is 5.60 Å². The molecule has 22 heavy (non-hydrogen) atoms. The molecule has 1 N–H and O–H groups in total. The first-order chi connectivity index (χ1) is 10.6. The van der Waals surface area contributed by atoms with Crippen LogP contribution in [0, 0.1) is 6.92 Å². The number of fused-ring (bicyclic) bond motifs is 1. The lowest BCUT2D eigenvalue weighted by Crippen LogP contribution is -2.41. The lowest BCUT2D eigenvalue weighted by atomic mass is 9.87. The molecule has 0 aliphatic carbocycles. The van der Waals surface area contributed by atoms with Crippen molar-refractivity contribution in [1.29, 1.82) is 0 Å². The van der Waals surface area contributed by atoms with Crippen molar-refractivity contribution in [3.63, 3.8) is 0 Å². The maximum atomic E-state index is 13.0. The summed E-state index contributed by atoms with van der Waals surface area (Å²) in [5.74, 6) is -0.243. The van der Waals surface area contributed by atoms with E-state index in [0.717, 1.165) is 24.1 Å². The highest BCUT2D eigenvalue weighted by Gasteiger charge is 2.50. The minimum atomic E-state index is -1.57. The van der Waals surface area contributed by atoms with Crippen molar-refractivity contribution < 1.29 is 9.90 Å². The molecule has 0 saturated heterocycles. The Hall–Kier alpha value is -2.13. The predicted octanol–water partition coefficient (Wildman–Crippen LogP) is 3.38. The standard InChI is InChI=1S/C19H21NO2/c1-3-4-12-20-17-11-10-14(2)13-16(17)19(22,18(20)21)15-8-6-5-7-9-15/h5-11,13,22H,3-4,12H2,1-2H3. The van der Waals surface area contributed by atoms with Gasteiger partial charge in [-0.25, -0.2) is 0 Å². The Balaban J connectivity index is 2.16. The fourth-order valence-corrected chi connectivity index (χ4v) is 3.09. The van der Waals surface area contributed by atoms with Crippen molar-refractivity contribution in [1.82, 2.24) is 0 Å². The van der Waals surface area contributed by atoms with Crippen molar-refractivity contribution in [3.8, 4) is 0 Å². The van der Waals surface area contributed by atoms with Crippen LogP contribution in [0.15, 0.2) is 48.5 Å². The topological polar surface area (TPSA) is 40.5 Å². The molecule has 0 spiro atoms. The number of nitrogens with zero attached hydrogens (tertiary/aromatic N) is 1. The second kappa shape index (κ2) is 5.58. The number of aryl methyl sites for hydroxylation is 1. The highest BCUT2D eigenvalue weighted by molar-refractivity contribution is 6.09. The van der Waals surface area contributed by atoms with Crippen LogP contribution in [0.5, 0.6) is 0 Å². The van der Waals surface area contributed by atoms with Crippen molar-refractivity contribution in [2.75, 3.05) is 11.4 Å². The maximum Gasteiger partial charge on any atom is 0.268 e. The van der Waals surface area contributed by atoms with E-state index in [2.05, 4.69) is 6.92 Å². The lowest BCUT2D eigenvalue weighted by Gasteiger charge is -2.23. The van der Waals surface area contributed by atoms with E-state index in [1.165, 1.54) is 0 Å². The van der Waals surface area contributed by atoms with Gasteiger partial charge in [0.1, 0.15) is 0 Å². The van der Waals surface area contributed by atoms with E-state index in [0.29, 0.717) is 17.7 Å². The molecule has 0 radical (unpaired) electrons. The molecule has 0 saturated carbocycles. The van der Waals surface area contributed by atoms with Crippen LogP contribution in [0.3, 0.4) is 0 Å². The van der Waals surface area contributed by atoms with E-state index in [1.54, 1.807) is 4.90 Å². The summed E-state index contributed by atoms with van der Waals surface area (Å²) < 4.78 is 0. The second-order valence-corrected chi connectivity index (χ2v) is 5.91. The molecule has 1 amide bonds. The molecule has 1 aliphatic heterocycles. The monoisotopic (exact) mass is 295 g/mol. The Morgan fingerprint density at radius 2 is 1.86 bits per heavy atom. The Kier molecular flexibility index (Phi) is 3.75. The van der Waals surface area contributed by atoms with E-state index in [-0.39, 0.29) is 5.91 Å². The molecule has 2 aromatic rings. The molecule has 1 unspecified atom stereocenters. The van der Waals surface area contributed by atoms with Gasteiger partial charge in [0.25, 0.3) is 5.91 Å². The first kappa shape index (κ1) is 14.8. The van der Waals surface area contributed by atoms with Gasteiger partial charge in [-0.1, -0.05) is 61.4 Å². The summed E-state index contributed by atoms with van der Waals surface area (Å²) in [6.45, 7) is 4.71. The number of benzene rings is 2. The number of unbranched alkanes of at least 4 members (excludes halogenated alkanes) is 1. The van der Waals surface area contributed by atoms with E-state index in [1.807, 2.05) is 55.5 Å². The van der Waals surface area contributed by atoms with Crippen molar-refractivity contribution in [2.45, 2.75) is 32.3 Å². The lowest BCUT2D eigenvalue weighted by molar-refractivity contribution is -0.132. The molecular weight excluding hydrogens is 274 g/mol. The van der Waals surface area contributed by atoms with Gasteiger partial charge in [-0.2, -0.15) is 0 Å². The summed E-state index contributed by atoms with van der Waals surface area (Å²) in [7, 11) is 0. The SMILES string of the molecule is CCCCN1C(=O)C(O)(c2ccccc2)c2cc(C)ccc21. The summed E-state index contributed by atoms with van der Waals surface area (Å²) in [4.78, 5) is 14.7. The third-order valence-electron chi connectivity index (χ3n) is 4.31. The van der Waals surface area contributed by atoms with Crippen LogP contribution in [-0.4, -0.2) is 17.6 Å². The Morgan fingerprint density at radius 3 is 2.55 bits per heavy atom. The minimum absolute atomic E-state index is 0.243. The van der Waals surface area contributed by atoms with Crippen LogP contribution in [0.4, 0.5) is 5.69 Å². The average Bonchev–Trinajstić information content (AvgIpc) is 2.75. The van der Waals surface area contributed by atoms with E-state index in [4.69, 9.17) is 0 Å². The van der Waals surface area contributed by atoms with E-state index in [9.17, 15) is 9.90 Å².